The van der Waals surface area contributed by atoms with E-state index in [0.717, 1.165) is 11.3 Å². The minimum Gasteiger partial charge on any atom is -0.496 e. The SMILES string of the molecule is CCOC(=O)c1sc(Oc2ccc(C3C4=C(C[C@@H](C)[C@]5(Oc6c(Cl)c(OC)cc(OC)c6C5=O)C4=O)Nc4[nH]c(=O)[nH]c(=O)c43)cc2)nc1C. The number of aromatic nitrogens is 3. The van der Waals surface area contributed by atoms with Crippen molar-refractivity contribution in [2.24, 2.45) is 5.92 Å². The molecule has 2 aliphatic heterocycles. The maximum Gasteiger partial charge on any atom is 0.350 e. The van der Waals surface area contributed by atoms with Crippen molar-refractivity contribution >= 4 is 46.3 Å². The number of nitrogens with one attached hydrogen (secondary N) is 3. The summed E-state index contributed by atoms with van der Waals surface area (Å²) < 4.78 is 28.2. The molecule has 258 valence electrons. The van der Waals surface area contributed by atoms with Gasteiger partial charge >= 0.3 is 11.7 Å². The van der Waals surface area contributed by atoms with Gasteiger partial charge in [0.25, 0.3) is 10.8 Å². The van der Waals surface area contributed by atoms with Crippen molar-refractivity contribution in [2.45, 2.75) is 38.7 Å². The Hall–Kier alpha value is -5.41. The Morgan fingerprint density at radius 1 is 1.08 bits per heavy atom. The van der Waals surface area contributed by atoms with Crippen molar-refractivity contribution in [1.82, 2.24) is 15.0 Å². The van der Waals surface area contributed by atoms with Gasteiger partial charge < -0.3 is 29.0 Å². The highest BCUT2D eigenvalue weighted by Gasteiger charge is 2.63. The van der Waals surface area contributed by atoms with Crippen molar-refractivity contribution in [2.75, 3.05) is 26.1 Å². The highest BCUT2D eigenvalue weighted by Crippen LogP contribution is 2.56. The second kappa shape index (κ2) is 12.2. The fourth-order valence-electron chi connectivity index (χ4n) is 6.75. The largest absolute Gasteiger partial charge is 0.496 e. The van der Waals surface area contributed by atoms with Gasteiger partial charge in [0.05, 0.1) is 32.1 Å². The molecule has 0 saturated heterocycles. The van der Waals surface area contributed by atoms with E-state index in [1.54, 1.807) is 45.0 Å². The number of fused-ring (bicyclic) bond motifs is 2. The number of nitrogens with zero attached hydrogens (tertiary/aromatic N) is 1. The van der Waals surface area contributed by atoms with Crippen molar-refractivity contribution in [1.29, 1.82) is 0 Å². The zero-order chi connectivity index (χ0) is 35.6. The van der Waals surface area contributed by atoms with E-state index in [4.69, 9.17) is 35.3 Å². The van der Waals surface area contributed by atoms with Crippen LogP contribution in [-0.4, -0.2) is 58.9 Å². The van der Waals surface area contributed by atoms with Gasteiger partial charge in [-0.15, -0.1) is 0 Å². The lowest BCUT2D eigenvalue weighted by molar-refractivity contribution is -0.130. The van der Waals surface area contributed by atoms with Gasteiger partial charge in [-0.05, 0) is 38.0 Å². The van der Waals surface area contributed by atoms with Crippen LogP contribution in [0.4, 0.5) is 5.82 Å². The van der Waals surface area contributed by atoms with Crippen LogP contribution in [0.1, 0.15) is 63.0 Å². The quantitative estimate of drug-likeness (QED) is 0.173. The minimum absolute atomic E-state index is 0.00590. The molecule has 0 radical (unpaired) electrons. The van der Waals surface area contributed by atoms with Gasteiger partial charge in [-0.25, -0.2) is 14.6 Å². The van der Waals surface area contributed by atoms with Gasteiger partial charge in [0.1, 0.15) is 38.5 Å². The zero-order valence-electron chi connectivity index (χ0n) is 27.3. The van der Waals surface area contributed by atoms with Crippen molar-refractivity contribution in [3.05, 3.63) is 94.7 Å². The van der Waals surface area contributed by atoms with Crippen LogP contribution in [-0.2, 0) is 9.53 Å². The molecule has 1 aliphatic carbocycles. The standard InChI is InChI=1S/C34H29ClN4O10S/c1-6-47-31(43)26-14(3)36-33(50-26)48-16-9-7-15(8-10-16)20-21-17(37-29-23(20)30(42)39-32(44)38-29)11-13(2)34(27(21)40)28(41)22-18(45-4)12-19(46-5)24(35)25(22)49-34/h7-10,12-13,20H,6,11H2,1-5H3,(H3,37,38,39,42,44)/t13-,20?,34+/m1/s1. The van der Waals surface area contributed by atoms with Gasteiger partial charge in [-0.2, -0.15) is 0 Å². The second-order valence-corrected chi connectivity index (χ2v) is 13.2. The highest BCUT2D eigenvalue weighted by molar-refractivity contribution is 7.15. The summed E-state index contributed by atoms with van der Waals surface area (Å²) in [5.41, 5.74) is -1.97. The Labute approximate surface area is 292 Å². The molecule has 4 heterocycles. The summed E-state index contributed by atoms with van der Waals surface area (Å²) in [7, 11) is 2.78. The summed E-state index contributed by atoms with van der Waals surface area (Å²) in [6, 6.07) is 8.01. The number of Topliss-reactive ketones (excluding diaryl/α,β-unsaturated/α-hetero) is 2. The van der Waals surface area contributed by atoms with Crippen LogP contribution < -0.4 is 35.5 Å². The summed E-state index contributed by atoms with van der Waals surface area (Å²) in [4.78, 5) is 76.9. The van der Waals surface area contributed by atoms with Crippen LogP contribution in [0.3, 0.4) is 0 Å². The third-order valence-corrected chi connectivity index (χ3v) is 10.4. The number of thiazole rings is 1. The number of carbonyl (C=O) groups is 3. The number of allylic oxidation sites excluding steroid dienone is 1. The average molecular weight is 721 g/mol. The summed E-state index contributed by atoms with van der Waals surface area (Å²) in [5, 5.41) is 3.30. The summed E-state index contributed by atoms with van der Waals surface area (Å²) in [5.74, 6) is -2.81. The van der Waals surface area contributed by atoms with Gasteiger partial charge in [-0.1, -0.05) is 42.0 Å². The Bertz CT molecular complexity index is 2270. The van der Waals surface area contributed by atoms with Crippen LogP contribution in [0.5, 0.6) is 28.2 Å². The third kappa shape index (κ3) is 4.90. The molecule has 50 heavy (non-hydrogen) atoms. The number of ketones is 2. The number of hydrogen-bond donors (Lipinski definition) is 3. The Morgan fingerprint density at radius 2 is 1.80 bits per heavy atom. The number of aryl methyl sites for hydroxylation is 1. The number of ether oxygens (including phenoxy) is 5. The lowest BCUT2D eigenvalue weighted by Gasteiger charge is -2.42. The van der Waals surface area contributed by atoms with Crippen molar-refractivity contribution < 1.29 is 38.1 Å². The van der Waals surface area contributed by atoms with E-state index in [2.05, 4.69) is 20.3 Å². The number of halogens is 1. The van der Waals surface area contributed by atoms with Crippen LogP contribution in [0.15, 0.2) is 51.2 Å². The van der Waals surface area contributed by atoms with E-state index in [1.165, 1.54) is 20.3 Å². The first-order chi connectivity index (χ1) is 23.9. The molecular formula is C34H29ClN4O10S. The molecule has 1 unspecified atom stereocenters. The molecule has 3 atom stereocenters. The molecule has 14 nitrogen and oxygen atoms in total. The first-order valence-corrected chi connectivity index (χ1v) is 16.6. The predicted octanol–water partition coefficient (Wildman–Crippen LogP) is 4.90. The molecule has 2 aromatic heterocycles. The van der Waals surface area contributed by atoms with Gasteiger partial charge in [0, 0.05) is 29.2 Å². The molecule has 1 spiro atoms. The average Bonchev–Trinajstić information content (AvgIpc) is 3.61. The molecule has 2 aromatic carbocycles. The molecule has 3 N–H and O–H groups in total. The normalized spacial score (nSPS) is 20.4. The Balaban J connectivity index is 1.31. The molecule has 0 fully saturated rings. The molecule has 7 rings (SSSR count). The number of rotatable bonds is 7. The number of anilines is 1. The molecule has 0 bridgehead atoms. The van der Waals surface area contributed by atoms with Crippen molar-refractivity contribution in [3.8, 4) is 28.2 Å². The predicted molar refractivity (Wildman–Crippen MR) is 181 cm³/mol. The maximum atomic E-state index is 14.9. The van der Waals surface area contributed by atoms with E-state index in [1.807, 2.05) is 0 Å². The summed E-state index contributed by atoms with van der Waals surface area (Å²) in [6.07, 6.45) is 0.135. The number of aromatic amines is 2. The van der Waals surface area contributed by atoms with E-state index in [9.17, 15) is 24.0 Å². The lowest BCUT2D eigenvalue weighted by Crippen LogP contribution is -2.58. The third-order valence-electron chi connectivity index (χ3n) is 9.02. The number of hydrogen-bond acceptors (Lipinski definition) is 13. The summed E-state index contributed by atoms with van der Waals surface area (Å²) >= 11 is 7.65. The molecule has 3 aliphatic rings. The highest BCUT2D eigenvalue weighted by atomic mass is 35.5. The first-order valence-electron chi connectivity index (χ1n) is 15.4. The number of methoxy groups -OCH3 is 2. The van der Waals surface area contributed by atoms with E-state index in [-0.39, 0.29) is 63.0 Å². The fourth-order valence-corrected chi connectivity index (χ4v) is 7.84. The minimum atomic E-state index is -2.04. The van der Waals surface area contributed by atoms with Crippen LogP contribution >= 0.6 is 22.9 Å². The van der Waals surface area contributed by atoms with Crippen LogP contribution in [0.25, 0.3) is 0 Å². The fraction of sp³-hybridized carbons (Fsp3) is 0.294. The monoisotopic (exact) mass is 720 g/mol. The van der Waals surface area contributed by atoms with E-state index in [0.29, 0.717) is 27.6 Å². The number of benzene rings is 2. The molecule has 0 saturated carbocycles. The number of esters is 1. The van der Waals surface area contributed by atoms with Gasteiger partial charge in [0.2, 0.25) is 17.2 Å². The molecule has 16 heteroatoms. The Kier molecular flexibility index (Phi) is 8.06. The van der Waals surface area contributed by atoms with Gasteiger partial charge in [0.15, 0.2) is 5.75 Å². The van der Waals surface area contributed by atoms with Crippen molar-refractivity contribution in [3.63, 3.8) is 0 Å². The first kappa shape index (κ1) is 33.1. The topological polar surface area (TPSA) is 188 Å². The Morgan fingerprint density at radius 3 is 2.48 bits per heavy atom. The number of H-pyrrole nitrogens is 2. The maximum absolute atomic E-state index is 14.9. The van der Waals surface area contributed by atoms with Crippen LogP contribution in [0.2, 0.25) is 5.02 Å². The lowest BCUT2D eigenvalue weighted by atomic mass is 9.66. The molecule has 0 amide bonds. The smallest absolute Gasteiger partial charge is 0.350 e. The molecular weight excluding hydrogens is 692 g/mol. The second-order valence-electron chi connectivity index (χ2n) is 11.8. The summed E-state index contributed by atoms with van der Waals surface area (Å²) in [6.45, 7) is 5.30. The molecule has 4 aromatic rings. The van der Waals surface area contributed by atoms with E-state index < -0.39 is 46.2 Å². The van der Waals surface area contributed by atoms with Crippen LogP contribution in [0, 0.1) is 12.8 Å². The number of carbonyl (C=O) groups excluding carboxylic acids is 3. The van der Waals surface area contributed by atoms with E-state index >= 15 is 0 Å². The van der Waals surface area contributed by atoms with Gasteiger partial charge in [-0.3, -0.25) is 24.4 Å². The zero-order valence-corrected chi connectivity index (χ0v) is 28.8.